The number of benzene rings is 2. The number of carbonyl (C=O) groups is 2. The number of hydrogen-bond acceptors (Lipinski definition) is 6. The van der Waals surface area contributed by atoms with Gasteiger partial charge in [-0.1, -0.05) is 36.2 Å². The Labute approximate surface area is 227 Å². The molecule has 0 bridgehead atoms. The van der Waals surface area contributed by atoms with Crippen LogP contribution in [0, 0.1) is 0 Å². The Morgan fingerprint density at radius 2 is 1.76 bits per heavy atom. The number of fused-ring (bicyclic) bond motifs is 1. The van der Waals surface area contributed by atoms with E-state index in [4.69, 9.17) is 32.7 Å². The molecular formula is C25H31Cl2N3O6S. The number of nitrogens with zero attached hydrogens (tertiary/aromatic N) is 2. The van der Waals surface area contributed by atoms with Crippen LogP contribution in [0.2, 0.25) is 10.0 Å². The first-order valence-corrected chi connectivity index (χ1v) is 14.2. The molecule has 2 aromatic rings. The van der Waals surface area contributed by atoms with Crippen LogP contribution in [0.25, 0.3) is 0 Å². The fourth-order valence-electron chi connectivity index (χ4n) is 3.86. The summed E-state index contributed by atoms with van der Waals surface area (Å²) in [5.74, 6) is -0.0840. The molecule has 9 nitrogen and oxygen atoms in total. The standard InChI is InChI=1S/C25H31Cl2N3O6S/c1-6-20(24(32)28-25(2,3)4)29(13-16-7-8-17(26)11-19(16)27)23(31)14-30(37(5,33)34)18-9-10-21-22(12-18)36-15-35-21/h7-12,20H,6,13-15H2,1-5H3,(H,28,32). The molecule has 1 aliphatic heterocycles. The highest BCUT2D eigenvalue weighted by molar-refractivity contribution is 7.92. The summed E-state index contributed by atoms with van der Waals surface area (Å²) in [6.45, 7) is 6.75. The highest BCUT2D eigenvalue weighted by Crippen LogP contribution is 2.36. The van der Waals surface area contributed by atoms with Crippen LogP contribution in [0.4, 0.5) is 5.69 Å². The Bertz CT molecular complexity index is 1280. The van der Waals surface area contributed by atoms with Crippen molar-refractivity contribution >= 4 is 50.7 Å². The van der Waals surface area contributed by atoms with Crippen molar-refractivity contribution in [3.8, 4) is 11.5 Å². The lowest BCUT2D eigenvalue weighted by atomic mass is 10.1. The summed E-state index contributed by atoms with van der Waals surface area (Å²) < 4.78 is 37.2. The van der Waals surface area contributed by atoms with Crippen LogP contribution in [0.1, 0.15) is 39.7 Å². The first-order chi connectivity index (χ1) is 17.2. The van der Waals surface area contributed by atoms with E-state index in [-0.39, 0.29) is 24.9 Å². The minimum Gasteiger partial charge on any atom is -0.454 e. The average Bonchev–Trinajstić information content (AvgIpc) is 3.24. The Morgan fingerprint density at radius 3 is 2.35 bits per heavy atom. The molecule has 37 heavy (non-hydrogen) atoms. The van der Waals surface area contributed by atoms with E-state index < -0.39 is 34.1 Å². The van der Waals surface area contributed by atoms with Gasteiger partial charge in [-0.15, -0.1) is 0 Å². The van der Waals surface area contributed by atoms with Gasteiger partial charge in [-0.2, -0.15) is 0 Å². The Morgan fingerprint density at radius 1 is 1.08 bits per heavy atom. The van der Waals surface area contributed by atoms with Gasteiger partial charge in [-0.25, -0.2) is 8.42 Å². The molecule has 1 atom stereocenters. The summed E-state index contributed by atoms with van der Waals surface area (Å²) in [6, 6.07) is 8.59. The van der Waals surface area contributed by atoms with Crippen molar-refractivity contribution < 1.29 is 27.5 Å². The van der Waals surface area contributed by atoms with Gasteiger partial charge in [0, 0.05) is 28.2 Å². The maximum absolute atomic E-state index is 13.8. The predicted molar refractivity (Wildman–Crippen MR) is 144 cm³/mol. The molecule has 0 radical (unpaired) electrons. The van der Waals surface area contributed by atoms with E-state index in [1.807, 2.05) is 20.8 Å². The third-order valence-electron chi connectivity index (χ3n) is 5.56. The van der Waals surface area contributed by atoms with Crippen LogP contribution in [0.3, 0.4) is 0 Å². The van der Waals surface area contributed by atoms with Crippen molar-refractivity contribution in [1.82, 2.24) is 10.2 Å². The number of amides is 2. The monoisotopic (exact) mass is 571 g/mol. The molecular weight excluding hydrogens is 541 g/mol. The van der Waals surface area contributed by atoms with Gasteiger partial charge in [0.15, 0.2) is 11.5 Å². The number of rotatable bonds is 9. The number of nitrogens with one attached hydrogen (secondary N) is 1. The second-order valence-corrected chi connectivity index (χ2v) is 12.5. The van der Waals surface area contributed by atoms with Crippen LogP contribution >= 0.6 is 23.2 Å². The van der Waals surface area contributed by atoms with Crippen molar-refractivity contribution in [3.63, 3.8) is 0 Å². The summed E-state index contributed by atoms with van der Waals surface area (Å²) in [5, 5.41) is 3.66. The molecule has 0 aliphatic carbocycles. The molecule has 1 aliphatic rings. The first kappa shape index (κ1) is 28.9. The third-order valence-corrected chi connectivity index (χ3v) is 7.29. The van der Waals surface area contributed by atoms with Gasteiger partial charge < -0.3 is 19.7 Å². The first-order valence-electron chi connectivity index (χ1n) is 11.6. The Kier molecular flexibility index (Phi) is 8.87. The smallest absolute Gasteiger partial charge is 0.244 e. The lowest BCUT2D eigenvalue weighted by Gasteiger charge is -2.34. The summed E-state index contributed by atoms with van der Waals surface area (Å²) in [7, 11) is -3.89. The summed E-state index contributed by atoms with van der Waals surface area (Å²) in [4.78, 5) is 28.3. The molecule has 1 heterocycles. The number of halogens is 2. The second kappa shape index (κ2) is 11.4. The van der Waals surface area contributed by atoms with Crippen LogP contribution in [-0.4, -0.2) is 56.3 Å². The zero-order valence-electron chi connectivity index (χ0n) is 21.4. The van der Waals surface area contributed by atoms with Crippen LogP contribution < -0.4 is 19.1 Å². The van der Waals surface area contributed by atoms with Gasteiger partial charge in [-0.3, -0.25) is 13.9 Å². The number of ether oxygens (including phenoxy) is 2. The highest BCUT2D eigenvalue weighted by atomic mass is 35.5. The van der Waals surface area contributed by atoms with Crippen molar-refractivity contribution in [2.75, 3.05) is 23.9 Å². The maximum Gasteiger partial charge on any atom is 0.244 e. The van der Waals surface area contributed by atoms with Crippen LogP contribution in [0.5, 0.6) is 11.5 Å². The molecule has 3 rings (SSSR count). The van der Waals surface area contributed by atoms with Gasteiger partial charge >= 0.3 is 0 Å². The molecule has 202 valence electrons. The quantitative estimate of drug-likeness (QED) is 0.483. The third kappa shape index (κ3) is 7.43. The molecule has 12 heteroatoms. The Balaban J connectivity index is 1.99. The Hall–Kier alpha value is -2.69. The normalized spacial score (nSPS) is 13.7. The summed E-state index contributed by atoms with van der Waals surface area (Å²) in [6.07, 6.45) is 1.30. The fourth-order valence-corrected chi connectivity index (χ4v) is 5.17. The lowest BCUT2D eigenvalue weighted by Crippen LogP contribution is -2.55. The van der Waals surface area contributed by atoms with E-state index in [2.05, 4.69) is 5.32 Å². The zero-order valence-corrected chi connectivity index (χ0v) is 23.7. The fraction of sp³-hybridized carbons (Fsp3) is 0.440. The van der Waals surface area contributed by atoms with Crippen molar-refractivity contribution in [2.45, 2.75) is 52.2 Å². The molecule has 0 saturated heterocycles. The van der Waals surface area contributed by atoms with Gasteiger partial charge in [-0.05, 0) is 57.0 Å². The molecule has 2 amide bonds. The topological polar surface area (TPSA) is 105 Å². The van der Waals surface area contributed by atoms with Crippen molar-refractivity contribution in [3.05, 3.63) is 52.0 Å². The molecule has 0 spiro atoms. The van der Waals surface area contributed by atoms with Crippen molar-refractivity contribution in [1.29, 1.82) is 0 Å². The average molecular weight is 573 g/mol. The number of carbonyl (C=O) groups excluding carboxylic acids is 2. The maximum atomic E-state index is 13.8. The predicted octanol–water partition coefficient (Wildman–Crippen LogP) is 4.21. The van der Waals surface area contributed by atoms with E-state index in [0.717, 1.165) is 10.6 Å². The van der Waals surface area contributed by atoms with E-state index in [1.54, 1.807) is 31.2 Å². The SMILES string of the molecule is CCC(C(=O)NC(C)(C)C)N(Cc1ccc(Cl)cc1Cl)C(=O)CN(c1ccc2c(c1)OCO2)S(C)(=O)=O. The molecule has 0 saturated carbocycles. The largest absolute Gasteiger partial charge is 0.454 e. The molecule has 0 fully saturated rings. The summed E-state index contributed by atoms with van der Waals surface area (Å²) in [5.41, 5.74) is 0.259. The molecule has 1 N–H and O–H groups in total. The van der Waals surface area contributed by atoms with E-state index in [9.17, 15) is 18.0 Å². The lowest BCUT2D eigenvalue weighted by molar-refractivity contribution is -0.141. The zero-order chi connectivity index (χ0) is 27.5. The minimum absolute atomic E-state index is 0.0211. The molecule has 0 aromatic heterocycles. The van der Waals surface area contributed by atoms with Gasteiger partial charge in [0.1, 0.15) is 12.6 Å². The van der Waals surface area contributed by atoms with Gasteiger partial charge in [0.2, 0.25) is 28.6 Å². The van der Waals surface area contributed by atoms with Crippen LogP contribution in [-0.2, 0) is 26.2 Å². The van der Waals surface area contributed by atoms with E-state index in [1.165, 1.54) is 17.0 Å². The molecule has 1 unspecified atom stereocenters. The van der Waals surface area contributed by atoms with Crippen LogP contribution in [0.15, 0.2) is 36.4 Å². The number of sulfonamides is 1. The summed E-state index contributed by atoms with van der Waals surface area (Å²) >= 11 is 12.4. The number of anilines is 1. The van der Waals surface area contributed by atoms with Crippen molar-refractivity contribution in [2.24, 2.45) is 0 Å². The highest BCUT2D eigenvalue weighted by Gasteiger charge is 2.33. The second-order valence-electron chi connectivity index (χ2n) is 9.73. The van der Waals surface area contributed by atoms with E-state index in [0.29, 0.717) is 33.5 Å². The van der Waals surface area contributed by atoms with Gasteiger partial charge in [0.05, 0.1) is 11.9 Å². The number of hydrogen-bond donors (Lipinski definition) is 1. The minimum atomic E-state index is -3.89. The van der Waals surface area contributed by atoms with E-state index >= 15 is 0 Å². The molecule has 2 aromatic carbocycles. The van der Waals surface area contributed by atoms with Gasteiger partial charge in [0.25, 0.3) is 0 Å².